The molecule has 1 aromatic carbocycles. The van der Waals surface area contributed by atoms with Crippen molar-refractivity contribution < 1.29 is 24.6 Å². The van der Waals surface area contributed by atoms with Crippen LogP contribution < -0.4 is 5.32 Å². The molecule has 0 saturated carbocycles. The predicted molar refractivity (Wildman–Crippen MR) is 74.1 cm³/mol. The van der Waals surface area contributed by atoms with E-state index >= 15 is 0 Å². The Morgan fingerprint density at radius 3 is 2.00 bits per heavy atom. The largest absolute Gasteiger partial charge is 0.480 e. The second kappa shape index (κ2) is 7.39. The number of rotatable bonds is 6. The highest BCUT2D eigenvalue weighted by molar-refractivity contribution is 7.98. The number of hydrogen-bond acceptors (Lipinski definition) is 4. The Bertz CT molecular complexity index is 487. The van der Waals surface area contributed by atoms with Crippen LogP contribution in [0.25, 0.3) is 0 Å². The number of carboxylic acids is 2. The fraction of sp³-hybridized carbons (Fsp3) is 0.250. The fourth-order valence-electron chi connectivity index (χ4n) is 1.40. The summed E-state index contributed by atoms with van der Waals surface area (Å²) in [5, 5.41) is 19.8. The maximum absolute atomic E-state index is 11.8. The van der Waals surface area contributed by atoms with Crippen molar-refractivity contribution >= 4 is 35.4 Å². The number of carbonyl (C=O) groups excluding carboxylic acids is 1. The molecular formula is C12H14N2O5S. The summed E-state index contributed by atoms with van der Waals surface area (Å²) in [6, 6.07) is 6.12. The van der Waals surface area contributed by atoms with Gasteiger partial charge in [-0.25, -0.2) is 4.79 Å². The van der Waals surface area contributed by atoms with Gasteiger partial charge in [-0.2, -0.15) is 0 Å². The molecule has 108 valence electrons. The highest BCUT2D eigenvalue weighted by Gasteiger charge is 2.19. The van der Waals surface area contributed by atoms with Crippen molar-refractivity contribution in [3.8, 4) is 0 Å². The van der Waals surface area contributed by atoms with Gasteiger partial charge in [0, 0.05) is 10.6 Å². The lowest BCUT2D eigenvalue weighted by molar-refractivity contribution is -0.140. The second-order valence-electron chi connectivity index (χ2n) is 3.80. The van der Waals surface area contributed by atoms with Crippen LogP contribution in [0.4, 0.5) is 10.5 Å². The summed E-state index contributed by atoms with van der Waals surface area (Å²) in [5.41, 5.74) is 0.466. The summed E-state index contributed by atoms with van der Waals surface area (Å²) in [6.07, 6.45) is 1.91. The summed E-state index contributed by atoms with van der Waals surface area (Å²) in [4.78, 5) is 34.8. The Morgan fingerprint density at radius 1 is 1.10 bits per heavy atom. The second-order valence-corrected chi connectivity index (χ2v) is 4.68. The third-order valence-electron chi connectivity index (χ3n) is 2.28. The molecule has 0 fully saturated rings. The molecule has 0 saturated heterocycles. The maximum atomic E-state index is 11.8. The SMILES string of the molecule is CSc1ccc(NC(=O)N(CC(=O)O)CC(=O)O)cc1. The van der Waals surface area contributed by atoms with Crippen molar-refractivity contribution in [2.75, 3.05) is 24.7 Å². The summed E-state index contributed by atoms with van der Waals surface area (Å²) < 4.78 is 0. The predicted octanol–water partition coefficient (Wildman–Crippen LogP) is 1.41. The topological polar surface area (TPSA) is 107 Å². The number of benzene rings is 1. The lowest BCUT2D eigenvalue weighted by Gasteiger charge is -2.19. The molecule has 0 aliphatic carbocycles. The van der Waals surface area contributed by atoms with Gasteiger partial charge in [-0.05, 0) is 30.5 Å². The number of aliphatic carboxylic acids is 2. The molecule has 0 aliphatic heterocycles. The molecule has 0 spiro atoms. The van der Waals surface area contributed by atoms with Crippen LogP contribution in [0.15, 0.2) is 29.2 Å². The molecule has 0 radical (unpaired) electrons. The number of nitrogens with zero attached hydrogens (tertiary/aromatic N) is 1. The molecule has 1 rings (SSSR count). The number of carbonyl (C=O) groups is 3. The summed E-state index contributed by atoms with van der Waals surface area (Å²) in [7, 11) is 0. The van der Waals surface area contributed by atoms with Crippen LogP contribution in [0.3, 0.4) is 0 Å². The normalized spacial score (nSPS) is 9.85. The van der Waals surface area contributed by atoms with Crippen molar-refractivity contribution in [2.24, 2.45) is 0 Å². The van der Waals surface area contributed by atoms with E-state index in [4.69, 9.17) is 10.2 Å². The first-order chi connectivity index (χ1) is 9.42. The van der Waals surface area contributed by atoms with Gasteiger partial charge in [0.25, 0.3) is 0 Å². The summed E-state index contributed by atoms with van der Waals surface area (Å²) >= 11 is 1.54. The van der Waals surface area contributed by atoms with Crippen LogP contribution in [0.5, 0.6) is 0 Å². The smallest absolute Gasteiger partial charge is 0.323 e. The molecule has 0 unspecified atom stereocenters. The van der Waals surface area contributed by atoms with Gasteiger partial charge in [0.2, 0.25) is 0 Å². The van der Waals surface area contributed by atoms with Crippen LogP contribution in [0.1, 0.15) is 0 Å². The minimum Gasteiger partial charge on any atom is -0.480 e. The van der Waals surface area contributed by atoms with Crippen LogP contribution in [-0.4, -0.2) is 52.4 Å². The first-order valence-corrected chi connectivity index (χ1v) is 6.78. The molecule has 0 bridgehead atoms. The lowest BCUT2D eigenvalue weighted by atomic mass is 10.3. The van der Waals surface area contributed by atoms with Gasteiger partial charge in [0.15, 0.2) is 0 Å². The zero-order valence-electron chi connectivity index (χ0n) is 10.7. The Balaban J connectivity index is 2.73. The Morgan fingerprint density at radius 2 is 1.60 bits per heavy atom. The fourth-order valence-corrected chi connectivity index (χ4v) is 1.81. The zero-order chi connectivity index (χ0) is 15.1. The van der Waals surface area contributed by atoms with Crippen LogP contribution in [0, 0.1) is 0 Å². The third-order valence-corrected chi connectivity index (χ3v) is 3.02. The van der Waals surface area contributed by atoms with E-state index in [1.807, 2.05) is 6.26 Å². The molecule has 20 heavy (non-hydrogen) atoms. The first-order valence-electron chi connectivity index (χ1n) is 5.56. The van der Waals surface area contributed by atoms with Gasteiger partial charge in [0.05, 0.1) is 0 Å². The molecule has 0 heterocycles. The third kappa shape index (κ3) is 5.19. The van der Waals surface area contributed by atoms with Crippen molar-refractivity contribution in [1.29, 1.82) is 0 Å². The molecule has 7 nitrogen and oxygen atoms in total. The van der Waals surface area contributed by atoms with Crippen molar-refractivity contribution in [2.45, 2.75) is 4.90 Å². The first kappa shape index (κ1) is 15.8. The minimum absolute atomic E-state index is 0.466. The van der Waals surface area contributed by atoms with E-state index in [1.54, 1.807) is 36.0 Å². The highest BCUT2D eigenvalue weighted by atomic mass is 32.2. The van der Waals surface area contributed by atoms with Crippen molar-refractivity contribution in [1.82, 2.24) is 4.90 Å². The highest BCUT2D eigenvalue weighted by Crippen LogP contribution is 2.17. The van der Waals surface area contributed by atoms with E-state index in [1.165, 1.54) is 0 Å². The van der Waals surface area contributed by atoms with Gasteiger partial charge < -0.3 is 20.4 Å². The van der Waals surface area contributed by atoms with Crippen LogP contribution in [-0.2, 0) is 9.59 Å². The number of thioether (sulfide) groups is 1. The molecule has 0 atom stereocenters. The Hall–Kier alpha value is -2.22. The van der Waals surface area contributed by atoms with E-state index in [-0.39, 0.29) is 0 Å². The number of nitrogens with one attached hydrogen (secondary N) is 1. The van der Waals surface area contributed by atoms with E-state index in [0.29, 0.717) is 10.6 Å². The Labute approximate surface area is 119 Å². The van der Waals surface area contributed by atoms with Crippen LogP contribution >= 0.6 is 11.8 Å². The molecule has 1 aromatic rings. The number of hydrogen-bond donors (Lipinski definition) is 3. The average Bonchev–Trinajstić information content (AvgIpc) is 2.37. The quantitative estimate of drug-likeness (QED) is 0.685. The minimum atomic E-state index is -1.28. The van der Waals surface area contributed by atoms with Gasteiger partial charge in [-0.15, -0.1) is 11.8 Å². The monoisotopic (exact) mass is 298 g/mol. The van der Waals surface area contributed by atoms with Gasteiger partial charge in [-0.3, -0.25) is 9.59 Å². The molecule has 3 N–H and O–H groups in total. The number of urea groups is 1. The van der Waals surface area contributed by atoms with Crippen LogP contribution in [0.2, 0.25) is 0 Å². The summed E-state index contributed by atoms with van der Waals surface area (Å²) in [5.74, 6) is -2.56. The average molecular weight is 298 g/mol. The maximum Gasteiger partial charge on any atom is 0.323 e. The molecule has 2 amide bonds. The lowest BCUT2D eigenvalue weighted by Crippen LogP contribution is -2.41. The molecular weight excluding hydrogens is 284 g/mol. The van der Waals surface area contributed by atoms with E-state index in [2.05, 4.69) is 5.32 Å². The number of anilines is 1. The van der Waals surface area contributed by atoms with E-state index < -0.39 is 31.1 Å². The van der Waals surface area contributed by atoms with Crippen molar-refractivity contribution in [3.05, 3.63) is 24.3 Å². The van der Waals surface area contributed by atoms with Gasteiger partial charge in [0.1, 0.15) is 13.1 Å². The summed E-state index contributed by atoms with van der Waals surface area (Å²) in [6.45, 7) is -1.36. The molecule has 0 aromatic heterocycles. The van der Waals surface area contributed by atoms with E-state index in [9.17, 15) is 14.4 Å². The molecule has 0 aliphatic rings. The number of amides is 2. The van der Waals surface area contributed by atoms with E-state index in [0.717, 1.165) is 4.90 Å². The van der Waals surface area contributed by atoms with Gasteiger partial charge >= 0.3 is 18.0 Å². The number of carboxylic acid groups (broad SMARTS) is 2. The molecule has 8 heteroatoms. The zero-order valence-corrected chi connectivity index (χ0v) is 11.5. The van der Waals surface area contributed by atoms with Gasteiger partial charge in [-0.1, -0.05) is 0 Å². The Kier molecular flexibility index (Phi) is 5.85. The standard InChI is InChI=1S/C12H14N2O5S/c1-20-9-4-2-8(3-5-9)13-12(19)14(6-10(15)16)7-11(17)18/h2-5H,6-7H2,1H3,(H,13,19)(H,15,16)(H,17,18). The van der Waals surface area contributed by atoms with Crippen molar-refractivity contribution in [3.63, 3.8) is 0 Å².